The maximum absolute atomic E-state index is 11.6. The molecule has 0 aliphatic carbocycles. The van der Waals surface area contributed by atoms with Gasteiger partial charge in [0.1, 0.15) is 0 Å². The summed E-state index contributed by atoms with van der Waals surface area (Å²) in [4.78, 5) is 11.6. The van der Waals surface area contributed by atoms with Crippen LogP contribution < -0.4 is 11.1 Å². The van der Waals surface area contributed by atoms with Crippen LogP contribution in [-0.2, 0) is 14.3 Å². The monoisotopic (exact) mass is 272 g/mol. The van der Waals surface area contributed by atoms with Gasteiger partial charge in [-0.05, 0) is 31.6 Å². The van der Waals surface area contributed by atoms with Crippen LogP contribution in [-0.4, -0.2) is 44.4 Å². The lowest BCUT2D eigenvalue weighted by Crippen LogP contribution is -2.41. The summed E-state index contributed by atoms with van der Waals surface area (Å²) in [6.07, 6.45) is 4.04. The van der Waals surface area contributed by atoms with E-state index in [2.05, 4.69) is 19.2 Å². The molecule has 1 aliphatic rings. The third kappa shape index (κ3) is 7.50. The van der Waals surface area contributed by atoms with Gasteiger partial charge in [0.05, 0.1) is 18.8 Å². The number of amides is 1. The molecule has 5 heteroatoms. The summed E-state index contributed by atoms with van der Waals surface area (Å²) in [5.74, 6) is 0.378. The van der Waals surface area contributed by atoms with Crippen LogP contribution in [0.25, 0.3) is 0 Å². The second kappa shape index (κ2) is 9.28. The van der Waals surface area contributed by atoms with E-state index in [1.165, 1.54) is 0 Å². The van der Waals surface area contributed by atoms with Crippen molar-refractivity contribution in [3.05, 3.63) is 0 Å². The van der Waals surface area contributed by atoms with E-state index in [0.717, 1.165) is 32.3 Å². The second-order valence-electron chi connectivity index (χ2n) is 5.59. The first-order chi connectivity index (χ1) is 9.09. The Morgan fingerprint density at radius 1 is 1.53 bits per heavy atom. The summed E-state index contributed by atoms with van der Waals surface area (Å²) in [7, 11) is 0. The number of carbonyl (C=O) groups excluding carboxylic acids is 1. The maximum Gasteiger partial charge on any atom is 0.236 e. The molecular formula is C14H28N2O3. The first-order valence-corrected chi connectivity index (χ1v) is 7.32. The minimum absolute atomic E-state index is 0.0622. The van der Waals surface area contributed by atoms with Crippen LogP contribution >= 0.6 is 0 Å². The van der Waals surface area contributed by atoms with E-state index in [1.807, 2.05) is 0 Å². The van der Waals surface area contributed by atoms with Crippen LogP contribution in [0.4, 0.5) is 0 Å². The van der Waals surface area contributed by atoms with Crippen LogP contribution in [0.15, 0.2) is 0 Å². The Hall–Kier alpha value is -0.650. The molecule has 0 spiro atoms. The van der Waals surface area contributed by atoms with Crippen LogP contribution in [0, 0.1) is 5.92 Å². The highest BCUT2D eigenvalue weighted by atomic mass is 16.5. The van der Waals surface area contributed by atoms with Gasteiger partial charge in [-0.2, -0.15) is 0 Å². The van der Waals surface area contributed by atoms with E-state index < -0.39 is 6.04 Å². The Balaban J connectivity index is 1.93. The van der Waals surface area contributed by atoms with E-state index in [-0.39, 0.29) is 12.0 Å². The average Bonchev–Trinajstić information content (AvgIpc) is 2.85. The Labute approximate surface area is 116 Å². The minimum Gasteiger partial charge on any atom is -0.379 e. The van der Waals surface area contributed by atoms with Crippen molar-refractivity contribution < 1.29 is 14.3 Å². The number of rotatable bonds is 9. The molecule has 1 amide bonds. The van der Waals surface area contributed by atoms with Crippen molar-refractivity contribution in [2.75, 3.05) is 26.4 Å². The average molecular weight is 272 g/mol. The molecule has 0 aromatic rings. The number of nitrogens with two attached hydrogens (primary N) is 1. The van der Waals surface area contributed by atoms with E-state index in [9.17, 15) is 4.79 Å². The zero-order chi connectivity index (χ0) is 14.1. The van der Waals surface area contributed by atoms with E-state index in [4.69, 9.17) is 15.2 Å². The predicted octanol–water partition coefficient (Wildman–Crippen LogP) is 1.06. The molecule has 1 fully saturated rings. The molecule has 0 radical (unpaired) electrons. The smallest absolute Gasteiger partial charge is 0.236 e. The lowest BCUT2D eigenvalue weighted by Gasteiger charge is -2.14. The molecule has 1 heterocycles. The Kier molecular flexibility index (Phi) is 8.02. The first-order valence-electron chi connectivity index (χ1n) is 7.32. The van der Waals surface area contributed by atoms with Crippen LogP contribution in [0.2, 0.25) is 0 Å². The number of hydrogen-bond acceptors (Lipinski definition) is 4. The molecular weight excluding hydrogens is 244 g/mol. The van der Waals surface area contributed by atoms with Gasteiger partial charge < -0.3 is 20.5 Å². The number of carbonyl (C=O) groups is 1. The number of nitrogens with one attached hydrogen (secondary N) is 1. The molecule has 1 aliphatic heterocycles. The molecule has 2 atom stereocenters. The van der Waals surface area contributed by atoms with E-state index >= 15 is 0 Å². The van der Waals surface area contributed by atoms with E-state index in [0.29, 0.717) is 25.7 Å². The van der Waals surface area contributed by atoms with Crippen LogP contribution in [0.5, 0.6) is 0 Å². The molecule has 0 aromatic carbocycles. The normalized spacial score (nSPS) is 20.7. The quantitative estimate of drug-likeness (QED) is 0.616. The SMILES string of the molecule is CC(C)C[C@@H](N)C(=O)NCCCOCC1CCCO1. The summed E-state index contributed by atoms with van der Waals surface area (Å²) in [6, 6.07) is -0.396. The van der Waals surface area contributed by atoms with E-state index in [1.54, 1.807) is 0 Å². The fraction of sp³-hybridized carbons (Fsp3) is 0.929. The summed E-state index contributed by atoms with van der Waals surface area (Å²) >= 11 is 0. The molecule has 5 nitrogen and oxygen atoms in total. The lowest BCUT2D eigenvalue weighted by molar-refractivity contribution is -0.122. The summed E-state index contributed by atoms with van der Waals surface area (Å²) < 4.78 is 11.0. The predicted molar refractivity (Wildman–Crippen MR) is 74.9 cm³/mol. The molecule has 0 bridgehead atoms. The molecule has 0 aromatic heterocycles. The standard InChI is InChI=1S/C14H28N2O3/c1-11(2)9-13(15)14(17)16-6-4-7-18-10-12-5-3-8-19-12/h11-13H,3-10,15H2,1-2H3,(H,16,17)/t12?,13-/m1/s1. The summed E-state index contributed by atoms with van der Waals surface area (Å²) in [5.41, 5.74) is 5.78. The van der Waals surface area contributed by atoms with Gasteiger partial charge in [-0.1, -0.05) is 13.8 Å². The van der Waals surface area contributed by atoms with Crippen molar-refractivity contribution >= 4 is 5.91 Å². The third-order valence-electron chi connectivity index (χ3n) is 3.15. The largest absolute Gasteiger partial charge is 0.379 e. The van der Waals surface area contributed by atoms with Crippen molar-refractivity contribution in [1.82, 2.24) is 5.32 Å². The Morgan fingerprint density at radius 2 is 2.32 bits per heavy atom. The lowest BCUT2D eigenvalue weighted by atomic mass is 10.0. The Bertz CT molecular complexity index is 253. The highest BCUT2D eigenvalue weighted by Gasteiger charge is 2.15. The van der Waals surface area contributed by atoms with Crippen molar-refractivity contribution in [3.63, 3.8) is 0 Å². The topological polar surface area (TPSA) is 73.6 Å². The van der Waals surface area contributed by atoms with Crippen molar-refractivity contribution in [3.8, 4) is 0 Å². The summed E-state index contributed by atoms with van der Waals surface area (Å²) in [5, 5.41) is 2.84. The molecule has 112 valence electrons. The molecule has 1 saturated heterocycles. The van der Waals surface area contributed by atoms with Gasteiger partial charge >= 0.3 is 0 Å². The van der Waals surface area contributed by atoms with Gasteiger partial charge in [0.25, 0.3) is 0 Å². The highest BCUT2D eigenvalue weighted by Crippen LogP contribution is 2.11. The van der Waals surface area contributed by atoms with Gasteiger partial charge in [-0.3, -0.25) is 4.79 Å². The molecule has 1 rings (SSSR count). The zero-order valence-corrected chi connectivity index (χ0v) is 12.2. The Morgan fingerprint density at radius 3 is 2.95 bits per heavy atom. The van der Waals surface area contributed by atoms with Gasteiger partial charge in [-0.15, -0.1) is 0 Å². The fourth-order valence-electron chi connectivity index (χ4n) is 2.12. The maximum atomic E-state index is 11.6. The first kappa shape index (κ1) is 16.4. The van der Waals surface area contributed by atoms with Crippen LogP contribution in [0.1, 0.15) is 39.5 Å². The fourth-order valence-corrected chi connectivity index (χ4v) is 2.12. The molecule has 3 N–H and O–H groups in total. The third-order valence-corrected chi connectivity index (χ3v) is 3.15. The molecule has 19 heavy (non-hydrogen) atoms. The van der Waals surface area contributed by atoms with Gasteiger partial charge in [-0.25, -0.2) is 0 Å². The molecule has 1 unspecified atom stereocenters. The molecule has 0 saturated carbocycles. The van der Waals surface area contributed by atoms with Crippen molar-refractivity contribution in [1.29, 1.82) is 0 Å². The number of ether oxygens (including phenoxy) is 2. The van der Waals surface area contributed by atoms with Gasteiger partial charge in [0.15, 0.2) is 0 Å². The van der Waals surface area contributed by atoms with Gasteiger partial charge in [0.2, 0.25) is 5.91 Å². The van der Waals surface area contributed by atoms with Crippen molar-refractivity contribution in [2.24, 2.45) is 11.7 Å². The van der Waals surface area contributed by atoms with Crippen LogP contribution in [0.3, 0.4) is 0 Å². The van der Waals surface area contributed by atoms with Gasteiger partial charge in [0, 0.05) is 19.8 Å². The zero-order valence-electron chi connectivity index (χ0n) is 12.2. The second-order valence-corrected chi connectivity index (χ2v) is 5.59. The van der Waals surface area contributed by atoms with Crippen molar-refractivity contribution in [2.45, 2.75) is 51.7 Å². The number of hydrogen-bond donors (Lipinski definition) is 2. The highest BCUT2D eigenvalue weighted by molar-refractivity contribution is 5.81. The minimum atomic E-state index is -0.396. The summed E-state index contributed by atoms with van der Waals surface area (Å²) in [6.45, 7) is 6.92.